The Morgan fingerprint density at radius 1 is 1.09 bits per heavy atom. The van der Waals surface area contributed by atoms with Gasteiger partial charge in [0, 0.05) is 6.54 Å². The van der Waals surface area contributed by atoms with E-state index in [0.29, 0.717) is 27.7 Å². The molecule has 22 heavy (non-hydrogen) atoms. The molecule has 2 aromatic rings. The fraction of sp³-hybridized carbons (Fsp3) is 0.250. The highest BCUT2D eigenvalue weighted by atomic mass is 32.1. The minimum atomic E-state index is -0.268. The second-order valence-corrected chi connectivity index (χ2v) is 5.90. The van der Waals surface area contributed by atoms with Crippen molar-refractivity contribution in [3.63, 3.8) is 0 Å². The predicted octanol–water partition coefficient (Wildman–Crippen LogP) is 3.11. The monoisotopic (exact) mass is 317 g/mol. The van der Waals surface area contributed by atoms with Gasteiger partial charge in [0.15, 0.2) is 0 Å². The van der Waals surface area contributed by atoms with Crippen LogP contribution >= 0.6 is 11.3 Å². The highest BCUT2D eigenvalue weighted by Gasteiger charge is 2.14. The normalized spacial score (nSPS) is 10.2. The number of nitrogen functional groups attached to an aromatic ring is 1. The number of nitrogens with two attached hydrogens (primary N) is 1. The number of para-hydroxylation sites is 2. The van der Waals surface area contributed by atoms with Gasteiger partial charge in [-0.15, -0.1) is 11.3 Å². The lowest BCUT2D eigenvalue weighted by molar-refractivity contribution is 0.0956. The fourth-order valence-electron chi connectivity index (χ4n) is 1.84. The first-order valence-corrected chi connectivity index (χ1v) is 7.97. The molecular formula is C16H19N3O2S. The summed E-state index contributed by atoms with van der Waals surface area (Å²) in [6.07, 6.45) is 1.97. The number of benzene rings is 1. The lowest BCUT2D eigenvalue weighted by atomic mass is 10.2. The number of rotatable bonds is 6. The van der Waals surface area contributed by atoms with Gasteiger partial charge in [-0.25, -0.2) is 0 Å². The predicted molar refractivity (Wildman–Crippen MR) is 90.4 cm³/mol. The zero-order chi connectivity index (χ0) is 15.9. The summed E-state index contributed by atoms with van der Waals surface area (Å²) in [5, 5.41) is 5.58. The first-order chi connectivity index (χ1) is 10.6. The molecule has 0 spiro atoms. The highest BCUT2D eigenvalue weighted by molar-refractivity contribution is 7.16. The average molecular weight is 317 g/mol. The number of nitrogens with one attached hydrogen (secondary N) is 2. The molecule has 116 valence electrons. The van der Waals surface area contributed by atoms with Crippen LogP contribution < -0.4 is 16.4 Å². The number of thiophene rings is 1. The van der Waals surface area contributed by atoms with Gasteiger partial charge in [0.05, 0.1) is 21.1 Å². The molecule has 0 aliphatic rings. The van der Waals surface area contributed by atoms with Gasteiger partial charge in [-0.3, -0.25) is 9.59 Å². The number of hydrogen-bond donors (Lipinski definition) is 3. The Morgan fingerprint density at radius 3 is 2.45 bits per heavy atom. The summed E-state index contributed by atoms with van der Waals surface area (Å²) in [5.74, 6) is -0.410. The topological polar surface area (TPSA) is 84.2 Å². The van der Waals surface area contributed by atoms with E-state index in [1.54, 1.807) is 36.4 Å². The van der Waals surface area contributed by atoms with E-state index in [9.17, 15) is 9.59 Å². The smallest absolute Gasteiger partial charge is 0.265 e. The van der Waals surface area contributed by atoms with Crippen molar-refractivity contribution < 1.29 is 9.59 Å². The number of amides is 2. The van der Waals surface area contributed by atoms with Crippen molar-refractivity contribution in [2.75, 3.05) is 17.6 Å². The molecule has 0 atom stereocenters. The molecule has 0 unspecified atom stereocenters. The SMILES string of the molecule is CCCCNC(=O)c1ccc(C(=O)Nc2ccccc2N)s1. The lowest BCUT2D eigenvalue weighted by Crippen LogP contribution is -2.23. The molecule has 1 aromatic heterocycles. The second kappa shape index (κ2) is 7.61. The third-order valence-electron chi connectivity index (χ3n) is 3.08. The van der Waals surface area contributed by atoms with Crippen LogP contribution in [0.3, 0.4) is 0 Å². The molecule has 2 amide bonds. The van der Waals surface area contributed by atoms with Crippen molar-refractivity contribution >= 4 is 34.5 Å². The van der Waals surface area contributed by atoms with Crippen LogP contribution in [0.15, 0.2) is 36.4 Å². The Bertz CT molecular complexity index is 667. The quantitative estimate of drug-likeness (QED) is 0.565. The summed E-state index contributed by atoms with van der Waals surface area (Å²) in [5.41, 5.74) is 6.86. The summed E-state index contributed by atoms with van der Waals surface area (Å²) in [6.45, 7) is 2.71. The van der Waals surface area contributed by atoms with Crippen molar-refractivity contribution in [2.24, 2.45) is 0 Å². The summed E-state index contributed by atoms with van der Waals surface area (Å²) in [7, 11) is 0. The lowest BCUT2D eigenvalue weighted by Gasteiger charge is -2.06. The van der Waals surface area contributed by atoms with E-state index in [1.165, 1.54) is 11.3 Å². The molecule has 0 aliphatic heterocycles. The Hall–Kier alpha value is -2.34. The van der Waals surface area contributed by atoms with E-state index in [0.717, 1.165) is 12.8 Å². The molecule has 0 aliphatic carbocycles. The van der Waals surface area contributed by atoms with Crippen molar-refractivity contribution in [1.82, 2.24) is 5.32 Å². The molecule has 1 heterocycles. The maximum absolute atomic E-state index is 12.2. The van der Waals surface area contributed by atoms with E-state index in [2.05, 4.69) is 17.6 Å². The van der Waals surface area contributed by atoms with Gasteiger partial charge in [-0.2, -0.15) is 0 Å². The Kier molecular flexibility index (Phi) is 5.55. The van der Waals surface area contributed by atoms with Gasteiger partial charge in [0.1, 0.15) is 0 Å². The minimum Gasteiger partial charge on any atom is -0.397 e. The van der Waals surface area contributed by atoms with Crippen molar-refractivity contribution in [3.05, 3.63) is 46.2 Å². The van der Waals surface area contributed by atoms with Crippen LogP contribution in [0.25, 0.3) is 0 Å². The third kappa shape index (κ3) is 4.08. The maximum atomic E-state index is 12.2. The van der Waals surface area contributed by atoms with E-state index in [4.69, 9.17) is 5.73 Å². The van der Waals surface area contributed by atoms with Gasteiger partial charge in [0.25, 0.3) is 11.8 Å². The van der Waals surface area contributed by atoms with E-state index < -0.39 is 0 Å². The highest BCUT2D eigenvalue weighted by Crippen LogP contribution is 2.21. The molecule has 0 saturated heterocycles. The molecule has 0 radical (unpaired) electrons. The Morgan fingerprint density at radius 2 is 1.77 bits per heavy atom. The first-order valence-electron chi connectivity index (χ1n) is 7.15. The molecule has 1 aromatic carbocycles. The third-order valence-corrected chi connectivity index (χ3v) is 4.16. The second-order valence-electron chi connectivity index (χ2n) is 4.81. The summed E-state index contributed by atoms with van der Waals surface area (Å²) in [4.78, 5) is 25.1. The first kappa shape index (κ1) is 16.0. The molecule has 0 bridgehead atoms. The van der Waals surface area contributed by atoms with E-state index >= 15 is 0 Å². The van der Waals surface area contributed by atoms with Crippen LogP contribution in [0.5, 0.6) is 0 Å². The molecule has 0 saturated carbocycles. The van der Waals surface area contributed by atoms with Crippen molar-refractivity contribution in [1.29, 1.82) is 0 Å². The van der Waals surface area contributed by atoms with E-state index in [-0.39, 0.29) is 11.8 Å². The fourth-order valence-corrected chi connectivity index (χ4v) is 2.66. The van der Waals surface area contributed by atoms with Crippen LogP contribution in [0.1, 0.15) is 39.1 Å². The van der Waals surface area contributed by atoms with Gasteiger partial charge >= 0.3 is 0 Å². The van der Waals surface area contributed by atoms with Crippen LogP contribution in [-0.2, 0) is 0 Å². The maximum Gasteiger partial charge on any atom is 0.265 e. The molecule has 0 fully saturated rings. The molecule has 6 heteroatoms. The zero-order valence-corrected chi connectivity index (χ0v) is 13.2. The van der Waals surface area contributed by atoms with Crippen LogP contribution in [0.4, 0.5) is 11.4 Å². The van der Waals surface area contributed by atoms with Gasteiger partial charge < -0.3 is 16.4 Å². The van der Waals surface area contributed by atoms with Crippen LogP contribution in [0, 0.1) is 0 Å². The number of anilines is 2. The average Bonchev–Trinajstić information content (AvgIpc) is 3.00. The molecule has 2 rings (SSSR count). The van der Waals surface area contributed by atoms with E-state index in [1.807, 2.05) is 0 Å². The zero-order valence-electron chi connectivity index (χ0n) is 12.4. The van der Waals surface area contributed by atoms with Crippen LogP contribution in [0.2, 0.25) is 0 Å². The standard InChI is InChI=1S/C16H19N3O2S/c1-2-3-10-18-15(20)13-8-9-14(22-13)16(21)19-12-7-5-4-6-11(12)17/h4-9H,2-3,10,17H2,1H3,(H,18,20)(H,19,21). The summed E-state index contributed by atoms with van der Waals surface area (Å²) in [6, 6.07) is 10.4. The minimum absolute atomic E-state index is 0.142. The Balaban J connectivity index is 2.00. The number of unbranched alkanes of at least 4 members (excludes halogenated alkanes) is 1. The molecular weight excluding hydrogens is 298 g/mol. The largest absolute Gasteiger partial charge is 0.397 e. The summed E-state index contributed by atoms with van der Waals surface area (Å²) < 4.78 is 0. The van der Waals surface area contributed by atoms with Gasteiger partial charge in [0.2, 0.25) is 0 Å². The van der Waals surface area contributed by atoms with Crippen molar-refractivity contribution in [2.45, 2.75) is 19.8 Å². The van der Waals surface area contributed by atoms with Crippen LogP contribution in [-0.4, -0.2) is 18.4 Å². The number of carbonyl (C=O) groups is 2. The molecule has 5 nitrogen and oxygen atoms in total. The number of carbonyl (C=O) groups excluding carboxylic acids is 2. The summed E-state index contributed by atoms with van der Waals surface area (Å²) >= 11 is 1.17. The van der Waals surface area contributed by atoms with Gasteiger partial charge in [-0.05, 0) is 30.7 Å². The Labute approximate surface area is 133 Å². The number of hydrogen-bond acceptors (Lipinski definition) is 4. The molecule has 4 N–H and O–H groups in total. The van der Waals surface area contributed by atoms with Crippen molar-refractivity contribution in [3.8, 4) is 0 Å². The van der Waals surface area contributed by atoms with Gasteiger partial charge in [-0.1, -0.05) is 25.5 Å².